The lowest BCUT2D eigenvalue weighted by Gasteiger charge is -2.31. The molecule has 0 unspecified atom stereocenters. The summed E-state index contributed by atoms with van der Waals surface area (Å²) in [5.74, 6) is -0.933. The number of phosphoric acid groups is 1. The van der Waals surface area contributed by atoms with Crippen LogP contribution in [0.2, 0.25) is 0 Å². The Bertz CT molecular complexity index is 1110. The number of hydrogen-bond acceptors (Lipinski definition) is 8. The van der Waals surface area contributed by atoms with Crippen LogP contribution in [-0.4, -0.2) is 24.1 Å². The zero-order valence-corrected chi connectivity index (χ0v) is 20.4. The van der Waals surface area contributed by atoms with Crippen molar-refractivity contribution in [1.29, 1.82) is 0 Å². The number of phosphoric ester groups is 1. The second-order valence-electron chi connectivity index (χ2n) is 8.40. The van der Waals surface area contributed by atoms with Crippen LogP contribution in [0, 0.1) is 5.92 Å². The highest BCUT2D eigenvalue weighted by Gasteiger charge is 2.42. The number of cyclic esters (lactones) is 1. The van der Waals surface area contributed by atoms with Gasteiger partial charge in [-0.3, -0.25) is 0 Å². The monoisotopic (exact) mass is 498 g/mol. The zero-order chi connectivity index (χ0) is 24.8. The van der Waals surface area contributed by atoms with Gasteiger partial charge in [0.05, 0.1) is 11.7 Å². The number of carbonyl (C=O) groups is 2. The van der Waals surface area contributed by atoms with E-state index in [0.717, 1.165) is 0 Å². The van der Waals surface area contributed by atoms with Gasteiger partial charge >= 0.3 is 19.8 Å². The lowest BCUT2D eigenvalue weighted by atomic mass is 9.82. The van der Waals surface area contributed by atoms with Crippen LogP contribution in [0.15, 0.2) is 84.1 Å². The molecule has 0 saturated heterocycles. The number of para-hydroxylation sites is 2. The molecule has 0 N–H and O–H groups in total. The van der Waals surface area contributed by atoms with Crippen molar-refractivity contribution in [2.75, 3.05) is 0 Å². The lowest BCUT2D eigenvalue weighted by Crippen LogP contribution is -2.32. The third-order valence-corrected chi connectivity index (χ3v) is 6.68. The van der Waals surface area contributed by atoms with E-state index in [9.17, 15) is 14.2 Å². The average Bonchev–Trinajstić information content (AvgIpc) is 3.25. The molecule has 8 nitrogen and oxygen atoms in total. The predicted molar refractivity (Wildman–Crippen MR) is 127 cm³/mol. The molecule has 0 radical (unpaired) electrons. The van der Waals surface area contributed by atoms with Gasteiger partial charge < -0.3 is 23.0 Å². The standard InChI is InChI=1S/C26H27O8P/c1-18(2)30-26(28)25-21(22-16-17-24(27)31-22)14-9-15-23(25)34-35(29,32-19-10-5-3-6-11-19)33-20-12-7-4-8-13-20/h3-8,10-13,16-18,21-22H,9,14-15H2,1-2H3/t21-,22-/m1/s1. The number of allylic oxidation sites excluding steroid dienone is 1. The molecule has 1 aliphatic carbocycles. The molecule has 0 aromatic heterocycles. The van der Waals surface area contributed by atoms with Crippen LogP contribution < -0.4 is 9.05 Å². The van der Waals surface area contributed by atoms with E-state index in [1.165, 1.54) is 6.08 Å². The predicted octanol–water partition coefficient (Wildman–Crippen LogP) is 5.76. The highest BCUT2D eigenvalue weighted by atomic mass is 31.2. The molecule has 2 atom stereocenters. The van der Waals surface area contributed by atoms with Crippen molar-refractivity contribution < 1.29 is 37.2 Å². The van der Waals surface area contributed by atoms with Gasteiger partial charge in [-0.2, -0.15) is 4.57 Å². The Morgan fingerprint density at radius 2 is 1.57 bits per heavy atom. The SMILES string of the molecule is CC(C)OC(=O)C1=C(OP(=O)(Oc2ccccc2)Oc2ccccc2)CCC[C@@H]1[C@H]1C=CC(=O)O1. The molecule has 0 spiro atoms. The van der Waals surface area contributed by atoms with Crippen molar-refractivity contribution in [3.8, 4) is 11.5 Å². The third-order valence-electron chi connectivity index (χ3n) is 5.37. The van der Waals surface area contributed by atoms with E-state index in [1.54, 1.807) is 80.6 Å². The van der Waals surface area contributed by atoms with Crippen molar-refractivity contribution in [2.45, 2.75) is 45.3 Å². The number of carbonyl (C=O) groups excluding carboxylic acids is 2. The van der Waals surface area contributed by atoms with E-state index in [1.807, 2.05) is 0 Å². The van der Waals surface area contributed by atoms with E-state index in [4.69, 9.17) is 23.0 Å². The molecule has 1 heterocycles. The fraction of sp³-hybridized carbons (Fsp3) is 0.308. The minimum atomic E-state index is -4.30. The van der Waals surface area contributed by atoms with Gasteiger partial charge in [-0.15, -0.1) is 0 Å². The molecule has 0 bridgehead atoms. The fourth-order valence-electron chi connectivity index (χ4n) is 3.95. The van der Waals surface area contributed by atoms with Crippen LogP contribution >= 0.6 is 7.82 Å². The summed E-state index contributed by atoms with van der Waals surface area (Å²) in [6, 6.07) is 17.0. The van der Waals surface area contributed by atoms with E-state index < -0.39 is 37.9 Å². The minimum absolute atomic E-state index is 0.137. The molecule has 35 heavy (non-hydrogen) atoms. The molecule has 2 aromatic rings. The zero-order valence-electron chi connectivity index (χ0n) is 19.5. The Morgan fingerprint density at radius 3 is 2.09 bits per heavy atom. The van der Waals surface area contributed by atoms with E-state index in [-0.39, 0.29) is 22.8 Å². The molecule has 2 aliphatic rings. The van der Waals surface area contributed by atoms with Gasteiger partial charge in [0, 0.05) is 18.4 Å². The summed E-state index contributed by atoms with van der Waals surface area (Å²) >= 11 is 0. The molecule has 0 fully saturated rings. The Kier molecular flexibility index (Phi) is 7.61. The summed E-state index contributed by atoms with van der Waals surface area (Å²) in [6.07, 6.45) is 3.36. The number of esters is 2. The van der Waals surface area contributed by atoms with Gasteiger partial charge in [-0.1, -0.05) is 36.4 Å². The number of benzene rings is 2. The second kappa shape index (κ2) is 10.8. The van der Waals surface area contributed by atoms with E-state index in [0.29, 0.717) is 19.3 Å². The summed E-state index contributed by atoms with van der Waals surface area (Å²) < 4.78 is 42.2. The number of hydrogen-bond donors (Lipinski definition) is 0. The van der Waals surface area contributed by atoms with E-state index >= 15 is 0 Å². The Morgan fingerprint density at radius 1 is 0.971 bits per heavy atom. The first-order valence-corrected chi connectivity index (χ1v) is 12.9. The fourth-order valence-corrected chi connectivity index (χ4v) is 5.28. The maximum atomic E-state index is 13.9. The molecular weight excluding hydrogens is 471 g/mol. The first-order valence-electron chi connectivity index (χ1n) is 11.4. The van der Waals surface area contributed by atoms with Gasteiger partial charge in [-0.25, -0.2) is 9.59 Å². The molecule has 2 aromatic carbocycles. The summed E-state index contributed by atoms with van der Waals surface area (Å²) in [5, 5.41) is 0. The summed E-state index contributed by atoms with van der Waals surface area (Å²) in [7, 11) is -4.30. The van der Waals surface area contributed by atoms with Crippen molar-refractivity contribution in [3.05, 3.63) is 84.1 Å². The van der Waals surface area contributed by atoms with Crippen LogP contribution in [0.25, 0.3) is 0 Å². The Hall–Kier alpha value is -3.51. The smallest absolute Gasteiger partial charge is 0.460 e. The van der Waals surface area contributed by atoms with Crippen LogP contribution in [0.1, 0.15) is 33.1 Å². The summed E-state index contributed by atoms with van der Waals surface area (Å²) in [5.41, 5.74) is 0.169. The van der Waals surface area contributed by atoms with Crippen molar-refractivity contribution in [3.63, 3.8) is 0 Å². The lowest BCUT2D eigenvalue weighted by molar-refractivity contribution is -0.147. The van der Waals surface area contributed by atoms with Gasteiger partial charge in [0.15, 0.2) is 0 Å². The molecule has 1 aliphatic heterocycles. The van der Waals surface area contributed by atoms with Gasteiger partial charge in [0.1, 0.15) is 23.4 Å². The molecule has 0 saturated carbocycles. The van der Waals surface area contributed by atoms with Crippen molar-refractivity contribution in [1.82, 2.24) is 0 Å². The third kappa shape index (κ3) is 6.34. The van der Waals surface area contributed by atoms with Crippen LogP contribution in [-0.2, 0) is 28.2 Å². The van der Waals surface area contributed by atoms with Gasteiger partial charge in [0.25, 0.3) is 0 Å². The first-order chi connectivity index (χ1) is 16.8. The highest BCUT2D eigenvalue weighted by Crippen LogP contribution is 2.53. The first kappa shape index (κ1) is 24.6. The molecule has 184 valence electrons. The minimum Gasteiger partial charge on any atom is -0.460 e. The Balaban J connectivity index is 1.72. The summed E-state index contributed by atoms with van der Waals surface area (Å²) in [4.78, 5) is 24.9. The largest absolute Gasteiger partial charge is 0.646 e. The van der Waals surface area contributed by atoms with Crippen LogP contribution in [0.4, 0.5) is 0 Å². The maximum Gasteiger partial charge on any atom is 0.646 e. The summed E-state index contributed by atoms with van der Waals surface area (Å²) in [6.45, 7) is 3.46. The van der Waals surface area contributed by atoms with Crippen molar-refractivity contribution in [2.24, 2.45) is 5.92 Å². The maximum absolute atomic E-state index is 13.9. The van der Waals surface area contributed by atoms with Gasteiger partial charge in [0.2, 0.25) is 0 Å². The van der Waals surface area contributed by atoms with E-state index in [2.05, 4.69) is 0 Å². The topological polar surface area (TPSA) is 97.4 Å². The van der Waals surface area contributed by atoms with Gasteiger partial charge in [-0.05, 0) is 57.0 Å². The van der Waals surface area contributed by atoms with Crippen molar-refractivity contribution >= 4 is 19.8 Å². The average molecular weight is 498 g/mol. The number of ether oxygens (including phenoxy) is 2. The molecule has 9 heteroatoms. The quantitative estimate of drug-likeness (QED) is 0.318. The van der Waals surface area contributed by atoms with Crippen LogP contribution in [0.3, 0.4) is 0 Å². The normalized spacial score (nSPS) is 19.9. The highest BCUT2D eigenvalue weighted by molar-refractivity contribution is 7.49. The second-order valence-corrected chi connectivity index (χ2v) is 9.84. The van der Waals surface area contributed by atoms with Crippen LogP contribution in [0.5, 0.6) is 11.5 Å². The molecular formula is C26H27O8P. The number of rotatable bonds is 9. The molecule has 4 rings (SSSR count). The molecule has 0 amide bonds. The Labute approximate surface area is 204 Å².